The molecule has 0 aromatic heterocycles. The molecule has 3 rings (SSSR count). The lowest BCUT2D eigenvalue weighted by molar-refractivity contribution is -0.138. The maximum Gasteiger partial charge on any atom is 0.303 e. The second-order valence-electron chi connectivity index (χ2n) is 6.73. The van der Waals surface area contributed by atoms with Gasteiger partial charge in [0.25, 0.3) is 0 Å². The third-order valence-corrected chi connectivity index (χ3v) is 6.72. The van der Waals surface area contributed by atoms with Crippen LogP contribution in [0, 0.1) is 5.41 Å². The van der Waals surface area contributed by atoms with Gasteiger partial charge in [0.05, 0.1) is 12.0 Å². The third-order valence-electron chi connectivity index (χ3n) is 5.07. The van der Waals surface area contributed by atoms with E-state index in [1.807, 2.05) is 11.8 Å². The van der Waals surface area contributed by atoms with Gasteiger partial charge in [0, 0.05) is 11.9 Å². The van der Waals surface area contributed by atoms with Crippen molar-refractivity contribution in [1.29, 1.82) is 0 Å². The summed E-state index contributed by atoms with van der Waals surface area (Å²) in [5, 5.41) is 9.66. The molecule has 108 valence electrons. The standard InChI is InChI=1S/C15H24O3S/c16-13(17)10-14(6-7-14)11-19-12-3-8-18-15(9-12)4-1-2-5-15/h12H,1-11H2,(H,16,17). The van der Waals surface area contributed by atoms with Gasteiger partial charge in [-0.3, -0.25) is 4.79 Å². The Kier molecular flexibility index (Phi) is 3.82. The molecule has 1 heterocycles. The number of carboxylic acid groups (broad SMARTS) is 1. The van der Waals surface area contributed by atoms with Crippen LogP contribution in [0.1, 0.15) is 57.8 Å². The van der Waals surface area contributed by atoms with Crippen molar-refractivity contribution in [2.75, 3.05) is 12.4 Å². The van der Waals surface area contributed by atoms with Crippen LogP contribution in [0.4, 0.5) is 0 Å². The Morgan fingerprint density at radius 3 is 2.63 bits per heavy atom. The average Bonchev–Trinajstić information content (AvgIpc) is 2.99. The zero-order valence-electron chi connectivity index (χ0n) is 11.5. The fourth-order valence-electron chi connectivity index (χ4n) is 3.66. The van der Waals surface area contributed by atoms with Gasteiger partial charge in [-0.15, -0.1) is 0 Å². The summed E-state index contributed by atoms with van der Waals surface area (Å²) in [6, 6.07) is 0. The van der Waals surface area contributed by atoms with Gasteiger partial charge < -0.3 is 9.84 Å². The van der Waals surface area contributed by atoms with E-state index in [0.29, 0.717) is 11.7 Å². The molecule has 3 nitrogen and oxygen atoms in total. The first-order chi connectivity index (χ1) is 9.12. The summed E-state index contributed by atoms with van der Waals surface area (Å²) in [5.41, 5.74) is 0.330. The quantitative estimate of drug-likeness (QED) is 0.839. The topological polar surface area (TPSA) is 46.5 Å². The van der Waals surface area contributed by atoms with Crippen LogP contribution < -0.4 is 0 Å². The normalized spacial score (nSPS) is 31.5. The van der Waals surface area contributed by atoms with Gasteiger partial charge in [-0.2, -0.15) is 11.8 Å². The molecule has 3 fully saturated rings. The number of hydrogen-bond acceptors (Lipinski definition) is 3. The van der Waals surface area contributed by atoms with Crippen molar-refractivity contribution in [3.63, 3.8) is 0 Å². The van der Waals surface area contributed by atoms with Crippen LogP contribution in [0.2, 0.25) is 0 Å². The molecule has 4 heteroatoms. The molecule has 1 unspecified atom stereocenters. The number of carbonyl (C=O) groups is 1. The fourth-order valence-corrected chi connectivity index (χ4v) is 5.32. The predicted molar refractivity (Wildman–Crippen MR) is 76.6 cm³/mol. The first-order valence-electron chi connectivity index (χ1n) is 7.59. The second kappa shape index (κ2) is 5.28. The number of hydrogen-bond donors (Lipinski definition) is 1. The minimum absolute atomic E-state index is 0.137. The molecular weight excluding hydrogens is 260 g/mol. The van der Waals surface area contributed by atoms with Gasteiger partial charge in [-0.1, -0.05) is 12.8 Å². The first kappa shape index (κ1) is 13.7. The minimum Gasteiger partial charge on any atom is -0.481 e. The average molecular weight is 284 g/mol. The molecule has 0 aromatic rings. The van der Waals surface area contributed by atoms with Gasteiger partial charge in [0.1, 0.15) is 0 Å². The Morgan fingerprint density at radius 2 is 2.00 bits per heavy atom. The molecule has 1 N–H and O–H groups in total. The van der Waals surface area contributed by atoms with Crippen molar-refractivity contribution in [1.82, 2.24) is 0 Å². The van der Waals surface area contributed by atoms with Crippen LogP contribution in [0.25, 0.3) is 0 Å². The fraction of sp³-hybridized carbons (Fsp3) is 0.933. The monoisotopic (exact) mass is 284 g/mol. The highest BCUT2D eigenvalue weighted by atomic mass is 32.2. The summed E-state index contributed by atoms with van der Waals surface area (Å²) in [6.45, 7) is 0.906. The van der Waals surface area contributed by atoms with E-state index in [1.54, 1.807) is 0 Å². The first-order valence-corrected chi connectivity index (χ1v) is 8.64. The summed E-state index contributed by atoms with van der Waals surface area (Å²) in [4.78, 5) is 10.9. The van der Waals surface area contributed by atoms with Crippen LogP contribution >= 0.6 is 11.8 Å². The predicted octanol–water partition coefficient (Wildman–Crippen LogP) is 3.47. The summed E-state index contributed by atoms with van der Waals surface area (Å²) < 4.78 is 6.06. The van der Waals surface area contributed by atoms with Gasteiger partial charge >= 0.3 is 5.97 Å². The largest absolute Gasteiger partial charge is 0.481 e. The van der Waals surface area contributed by atoms with Gasteiger partial charge in [0.2, 0.25) is 0 Å². The maximum atomic E-state index is 10.9. The number of ether oxygens (including phenoxy) is 1. The maximum absolute atomic E-state index is 10.9. The molecule has 2 aliphatic carbocycles. The lowest BCUT2D eigenvalue weighted by atomic mass is 9.92. The van der Waals surface area contributed by atoms with E-state index in [0.717, 1.165) is 31.6 Å². The molecule has 1 aliphatic heterocycles. The zero-order valence-corrected chi connectivity index (χ0v) is 12.3. The van der Waals surface area contributed by atoms with Crippen LogP contribution in [-0.4, -0.2) is 34.3 Å². The molecule has 19 heavy (non-hydrogen) atoms. The minimum atomic E-state index is -0.627. The summed E-state index contributed by atoms with van der Waals surface area (Å²) in [6.07, 6.45) is 10.1. The van der Waals surface area contributed by atoms with Crippen molar-refractivity contribution in [2.24, 2.45) is 5.41 Å². The van der Waals surface area contributed by atoms with Crippen molar-refractivity contribution in [3.8, 4) is 0 Å². The van der Waals surface area contributed by atoms with Crippen LogP contribution in [0.15, 0.2) is 0 Å². The van der Waals surface area contributed by atoms with Crippen LogP contribution in [0.3, 0.4) is 0 Å². The molecule has 1 spiro atoms. The summed E-state index contributed by atoms with van der Waals surface area (Å²) in [7, 11) is 0. The number of carboxylic acids is 1. The lowest BCUT2D eigenvalue weighted by Crippen LogP contribution is -2.38. The zero-order chi connectivity index (χ0) is 13.3. The van der Waals surface area contributed by atoms with Crippen LogP contribution in [-0.2, 0) is 9.53 Å². The Labute approximate surface area is 119 Å². The molecule has 1 saturated heterocycles. The molecule has 0 radical (unpaired) electrons. The van der Waals surface area contributed by atoms with Crippen molar-refractivity contribution in [3.05, 3.63) is 0 Å². The van der Waals surface area contributed by atoms with E-state index >= 15 is 0 Å². The second-order valence-corrected chi connectivity index (χ2v) is 8.02. The van der Waals surface area contributed by atoms with Crippen LogP contribution in [0.5, 0.6) is 0 Å². The summed E-state index contributed by atoms with van der Waals surface area (Å²) >= 11 is 2.03. The highest BCUT2D eigenvalue weighted by molar-refractivity contribution is 7.99. The Bertz CT molecular complexity index is 345. The van der Waals surface area contributed by atoms with Gasteiger partial charge in [-0.05, 0) is 49.7 Å². The van der Waals surface area contributed by atoms with Crippen molar-refractivity contribution < 1.29 is 14.6 Å². The van der Waals surface area contributed by atoms with E-state index < -0.39 is 5.97 Å². The van der Waals surface area contributed by atoms with E-state index in [-0.39, 0.29) is 11.0 Å². The Hall–Kier alpha value is -0.220. The van der Waals surface area contributed by atoms with E-state index in [4.69, 9.17) is 9.84 Å². The van der Waals surface area contributed by atoms with Gasteiger partial charge in [0.15, 0.2) is 0 Å². The molecule has 0 amide bonds. The van der Waals surface area contributed by atoms with E-state index in [2.05, 4.69) is 0 Å². The van der Waals surface area contributed by atoms with E-state index in [1.165, 1.54) is 32.1 Å². The smallest absolute Gasteiger partial charge is 0.303 e. The molecule has 1 atom stereocenters. The number of rotatable bonds is 5. The molecule has 0 bridgehead atoms. The molecule has 3 aliphatic rings. The molecule has 0 aromatic carbocycles. The van der Waals surface area contributed by atoms with Crippen molar-refractivity contribution >= 4 is 17.7 Å². The molecular formula is C15H24O3S. The summed E-state index contributed by atoms with van der Waals surface area (Å²) in [5.74, 6) is 0.414. The number of aliphatic carboxylic acids is 1. The Balaban J connectivity index is 1.49. The lowest BCUT2D eigenvalue weighted by Gasteiger charge is -2.38. The SMILES string of the molecule is O=C(O)CC1(CSC2CCOC3(CCCC3)C2)CC1. The number of thioether (sulfide) groups is 1. The highest BCUT2D eigenvalue weighted by Crippen LogP contribution is 2.53. The highest BCUT2D eigenvalue weighted by Gasteiger charge is 2.46. The van der Waals surface area contributed by atoms with Crippen molar-refractivity contribution in [2.45, 2.75) is 68.6 Å². The van der Waals surface area contributed by atoms with E-state index in [9.17, 15) is 4.79 Å². The van der Waals surface area contributed by atoms with Gasteiger partial charge in [-0.25, -0.2) is 0 Å². The molecule has 2 saturated carbocycles. The Morgan fingerprint density at radius 1 is 1.26 bits per heavy atom. The third kappa shape index (κ3) is 3.27.